The summed E-state index contributed by atoms with van der Waals surface area (Å²) < 4.78 is 0. The summed E-state index contributed by atoms with van der Waals surface area (Å²) in [6.45, 7) is 4.06. The second kappa shape index (κ2) is 6.41. The summed E-state index contributed by atoms with van der Waals surface area (Å²) >= 11 is 1.89. The van der Waals surface area contributed by atoms with Gasteiger partial charge in [-0.25, -0.2) is 0 Å². The van der Waals surface area contributed by atoms with E-state index in [-0.39, 0.29) is 5.92 Å². The molecule has 0 bridgehead atoms. The predicted molar refractivity (Wildman–Crippen MR) is 65.3 cm³/mol. The molecule has 0 amide bonds. The summed E-state index contributed by atoms with van der Waals surface area (Å²) in [6, 6.07) is 0. The maximum atomic E-state index is 10.7. The first-order chi connectivity index (χ1) is 7.15. The molecule has 15 heavy (non-hydrogen) atoms. The lowest BCUT2D eigenvalue weighted by Gasteiger charge is -2.30. The summed E-state index contributed by atoms with van der Waals surface area (Å²) in [4.78, 5) is 10.7. The Morgan fingerprint density at radius 2 is 2.13 bits per heavy atom. The number of hydrogen-bond acceptors (Lipinski definition) is 2. The monoisotopic (exact) mass is 230 g/mol. The first-order valence-corrected chi connectivity index (χ1v) is 7.04. The Hall–Kier alpha value is -0.180. The van der Waals surface area contributed by atoms with Crippen LogP contribution < -0.4 is 0 Å². The van der Waals surface area contributed by atoms with Crippen molar-refractivity contribution in [2.75, 3.05) is 5.75 Å². The fourth-order valence-corrected chi connectivity index (χ4v) is 3.81. The van der Waals surface area contributed by atoms with Crippen LogP contribution >= 0.6 is 11.8 Å². The van der Waals surface area contributed by atoms with Gasteiger partial charge in [0.1, 0.15) is 0 Å². The summed E-state index contributed by atoms with van der Waals surface area (Å²) in [6.07, 6.45) is 6.57. The number of thioether (sulfide) groups is 1. The first kappa shape index (κ1) is 12.9. The van der Waals surface area contributed by atoms with Crippen molar-refractivity contribution in [3.63, 3.8) is 0 Å². The minimum atomic E-state index is -0.661. The van der Waals surface area contributed by atoms with Crippen LogP contribution in [0, 0.1) is 11.8 Å². The molecule has 88 valence electrons. The molecule has 0 aliphatic heterocycles. The van der Waals surface area contributed by atoms with Crippen molar-refractivity contribution in [2.45, 2.75) is 51.2 Å². The zero-order valence-corrected chi connectivity index (χ0v) is 10.6. The standard InChI is InChI=1S/C12H22O2S/c1-3-10-6-4-5-7-11(10)15-8-9(2)12(13)14/h9-11H,3-8H2,1-2H3,(H,13,14). The fraction of sp³-hybridized carbons (Fsp3) is 0.917. The second-order valence-electron chi connectivity index (χ2n) is 4.56. The summed E-state index contributed by atoms with van der Waals surface area (Å²) in [7, 11) is 0. The molecular formula is C12H22O2S. The van der Waals surface area contributed by atoms with E-state index in [9.17, 15) is 4.79 Å². The number of rotatable bonds is 5. The third kappa shape index (κ3) is 4.06. The van der Waals surface area contributed by atoms with Gasteiger partial charge in [-0.2, -0.15) is 11.8 Å². The van der Waals surface area contributed by atoms with Crippen molar-refractivity contribution in [3.8, 4) is 0 Å². The van der Waals surface area contributed by atoms with Gasteiger partial charge in [-0.15, -0.1) is 0 Å². The van der Waals surface area contributed by atoms with Crippen LogP contribution in [0.15, 0.2) is 0 Å². The number of carbonyl (C=O) groups is 1. The molecule has 1 saturated carbocycles. The van der Waals surface area contributed by atoms with Crippen LogP contribution in [0.5, 0.6) is 0 Å². The lowest BCUT2D eigenvalue weighted by Crippen LogP contribution is -2.23. The van der Waals surface area contributed by atoms with E-state index in [0.29, 0.717) is 5.25 Å². The van der Waals surface area contributed by atoms with Gasteiger partial charge >= 0.3 is 5.97 Å². The smallest absolute Gasteiger partial charge is 0.307 e. The topological polar surface area (TPSA) is 37.3 Å². The molecule has 1 aliphatic carbocycles. The minimum absolute atomic E-state index is 0.200. The molecule has 1 rings (SSSR count). The van der Waals surface area contributed by atoms with Gasteiger partial charge in [0.15, 0.2) is 0 Å². The Kier molecular flexibility index (Phi) is 5.51. The van der Waals surface area contributed by atoms with Crippen LogP contribution in [0.25, 0.3) is 0 Å². The second-order valence-corrected chi connectivity index (χ2v) is 5.84. The lowest BCUT2D eigenvalue weighted by atomic mass is 9.87. The van der Waals surface area contributed by atoms with Gasteiger partial charge in [0.25, 0.3) is 0 Å². The molecule has 1 aliphatic rings. The van der Waals surface area contributed by atoms with E-state index in [1.54, 1.807) is 6.92 Å². The van der Waals surface area contributed by atoms with Crippen molar-refractivity contribution in [2.24, 2.45) is 11.8 Å². The third-order valence-electron chi connectivity index (χ3n) is 3.35. The van der Waals surface area contributed by atoms with Gasteiger partial charge < -0.3 is 5.11 Å². The molecule has 0 aromatic rings. The Morgan fingerprint density at radius 3 is 2.73 bits per heavy atom. The average Bonchev–Trinajstić information content (AvgIpc) is 2.26. The highest BCUT2D eigenvalue weighted by atomic mass is 32.2. The van der Waals surface area contributed by atoms with Crippen molar-refractivity contribution in [1.29, 1.82) is 0 Å². The Bertz CT molecular complexity index is 206. The van der Waals surface area contributed by atoms with Gasteiger partial charge in [0.2, 0.25) is 0 Å². The third-order valence-corrected chi connectivity index (χ3v) is 5.09. The molecule has 0 saturated heterocycles. The summed E-state index contributed by atoms with van der Waals surface area (Å²) in [5, 5.41) is 9.53. The molecule has 0 heterocycles. The maximum Gasteiger partial charge on any atom is 0.307 e. The molecule has 2 nitrogen and oxygen atoms in total. The average molecular weight is 230 g/mol. The Morgan fingerprint density at radius 1 is 1.47 bits per heavy atom. The van der Waals surface area contributed by atoms with Gasteiger partial charge in [0.05, 0.1) is 5.92 Å². The molecule has 3 unspecified atom stereocenters. The predicted octanol–water partition coefficient (Wildman–Crippen LogP) is 3.41. The van der Waals surface area contributed by atoms with E-state index in [1.807, 2.05) is 11.8 Å². The highest BCUT2D eigenvalue weighted by Crippen LogP contribution is 2.35. The van der Waals surface area contributed by atoms with E-state index < -0.39 is 5.97 Å². The molecular weight excluding hydrogens is 208 g/mol. The van der Waals surface area contributed by atoms with Gasteiger partial charge in [-0.3, -0.25) is 4.79 Å². The normalized spacial score (nSPS) is 28.7. The number of aliphatic carboxylic acids is 1. The molecule has 0 aromatic carbocycles. The van der Waals surface area contributed by atoms with Crippen LogP contribution in [0.4, 0.5) is 0 Å². The van der Waals surface area contributed by atoms with Crippen LogP contribution in [0.2, 0.25) is 0 Å². The summed E-state index contributed by atoms with van der Waals surface area (Å²) in [5.41, 5.74) is 0. The molecule has 1 N–H and O–H groups in total. The van der Waals surface area contributed by atoms with E-state index >= 15 is 0 Å². The quantitative estimate of drug-likeness (QED) is 0.786. The van der Waals surface area contributed by atoms with Crippen molar-refractivity contribution in [1.82, 2.24) is 0 Å². The molecule has 1 fully saturated rings. The molecule has 3 heteroatoms. The van der Waals surface area contributed by atoms with Crippen molar-refractivity contribution in [3.05, 3.63) is 0 Å². The molecule has 0 aromatic heterocycles. The summed E-state index contributed by atoms with van der Waals surface area (Å²) in [5.74, 6) is 0.738. The van der Waals surface area contributed by atoms with Crippen LogP contribution in [0.1, 0.15) is 46.0 Å². The Balaban J connectivity index is 2.32. The first-order valence-electron chi connectivity index (χ1n) is 5.99. The number of carboxylic acids is 1. The van der Waals surface area contributed by atoms with Gasteiger partial charge in [-0.05, 0) is 18.8 Å². The zero-order chi connectivity index (χ0) is 11.3. The van der Waals surface area contributed by atoms with E-state index in [0.717, 1.165) is 11.7 Å². The van der Waals surface area contributed by atoms with Gasteiger partial charge in [0, 0.05) is 11.0 Å². The molecule has 3 atom stereocenters. The van der Waals surface area contributed by atoms with E-state index in [2.05, 4.69) is 6.92 Å². The highest BCUT2D eigenvalue weighted by molar-refractivity contribution is 7.99. The van der Waals surface area contributed by atoms with Crippen LogP contribution in [0.3, 0.4) is 0 Å². The largest absolute Gasteiger partial charge is 0.481 e. The van der Waals surface area contributed by atoms with Crippen LogP contribution in [-0.4, -0.2) is 22.1 Å². The maximum absolute atomic E-state index is 10.7. The number of carboxylic acid groups (broad SMARTS) is 1. The fourth-order valence-electron chi connectivity index (χ4n) is 2.20. The molecule has 0 radical (unpaired) electrons. The lowest BCUT2D eigenvalue weighted by molar-refractivity contribution is -0.140. The van der Waals surface area contributed by atoms with Crippen molar-refractivity contribution < 1.29 is 9.90 Å². The molecule has 0 spiro atoms. The van der Waals surface area contributed by atoms with Crippen LogP contribution in [-0.2, 0) is 4.79 Å². The zero-order valence-electron chi connectivity index (χ0n) is 9.74. The van der Waals surface area contributed by atoms with E-state index in [1.165, 1.54) is 32.1 Å². The van der Waals surface area contributed by atoms with Crippen molar-refractivity contribution >= 4 is 17.7 Å². The Labute approximate surface area is 96.8 Å². The number of hydrogen-bond donors (Lipinski definition) is 1. The van der Waals surface area contributed by atoms with E-state index in [4.69, 9.17) is 5.11 Å². The highest BCUT2D eigenvalue weighted by Gasteiger charge is 2.25. The SMILES string of the molecule is CCC1CCCCC1SCC(C)C(=O)O. The van der Waals surface area contributed by atoms with Gasteiger partial charge in [-0.1, -0.05) is 33.1 Å². The minimum Gasteiger partial charge on any atom is -0.481 e.